The smallest absolute Gasteiger partial charge is 0.237 e. The quantitative estimate of drug-likeness (QED) is 0.647. The van der Waals surface area contributed by atoms with Crippen molar-refractivity contribution < 1.29 is 9.59 Å². The molecule has 6 nitrogen and oxygen atoms in total. The van der Waals surface area contributed by atoms with Crippen molar-refractivity contribution in [1.29, 1.82) is 0 Å². The van der Waals surface area contributed by atoms with Crippen LogP contribution in [0.25, 0.3) is 0 Å². The zero-order valence-electron chi connectivity index (χ0n) is 12.3. The summed E-state index contributed by atoms with van der Waals surface area (Å²) in [7, 11) is 1.66. The molecule has 0 radical (unpaired) electrons. The van der Waals surface area contributed by atoms with Gasteiger partial charge in [-0.2, -0.15) is 0 Å². The van der Waals surface area contributed by atoms with Gasteiger partial charge in [0.25, 0.3) is 0 Å². The maximum absolute atomic E-state index is 12.1. The van der Waals surface area contributed by atoms with Crippen LogP contribution in [0.5, 0.6) is 0 Å². The van der Waals surface area contributed by atoms with E-state index in [4.69, 9.17) is 0 Å². The Hall–Kier alpha value is -1.14. The fourth-order valence-corrected chi connectivity index (χ4v) is 2.89. The van der Waals surface area contributed by atoms with E-state index in [2.05, 4.69) is 20.9 Å². The molecule has 0 aromatic carbocycles. The van der Waals surface area contributed by atoms with E-state index < -0.39 is 0 Å². The summed E-state index contributed by atoms with van der Waals surface area (Å²) in [5.41, 5.74) is 0. The Morgan fingerprint density at radius 3 is 2.55 bits per heavy atom. The second-order valence-corrected chi connectivity index (χ2v) is 5.73. The molecule has 0 unspecified atom stereocenters. The molecule has 3 N–H and O–H groups in total. The van der Waals surface area contributed by atoms with E-state index in [1.165, 1.54) is 6.42 Å². The first-order valence-corrected chi connectivity index (χ1v) is 7.65. The number of carbonyl (C=O) groups is 2. The zero-order valence-corrected chi connectivity index (χ0v) is 12.3. The number of hydrogen-bond acceptors (Lipinski definition) is 4. The van der Waals surface area contributed by atoms with E-state index >= 15 is 0 Å². The average molecular weight is 282 g/mol. The van der Waals surface area contributed by atoms with Gasteiger partial charge in [0.15, 0.2) is 0 Å². The fraction of sp³-hybridized carbons (Fsp3) is 0.857. The molecular formula is C14H26N4O2. The maximum atomic E-state index is 12.1. The molecule has 2 aliphatic heterocycles. The van der Waals surface area contributed by atoms with Gasteiger partial charge >= 0.3 is 0 Å². The van der Waals surface area contributed by atoms with E-state index in [1.807, 2.05) is 0 Å². The molecule has 0 saturated carbocycles. The summed E-state index contributed by atoms with van der Waals surface area (Å²) in [5, 5.41) is 9.06. The van der Waals surface area contributed by atoms with Gasteiger partial charge in [0.2, 0.25) is 11.8 Å². The summed E-state index contributed by atoms with van der Waals surface area (Å²) >= 11 is 0. The van der Waals surface area contributed by atoms with Crippen molar-refractivity contribution in [2.75, 3.05) is 33.2 Å². The first-order valence-electron chi connectivity index (χ1n) is 7.65. The fourth-order valence-electron chi connectivity index (χ4n) is 2.89. The summed E-state index contributed by atoms with van der Waals surface area (Å²) < 4.78 is 0. The molecule has 1 atom stereocenters. The van der Waals surface area contributed by atoms with Crippen LogP contribution in [0.2, 0.25) is 0 Å². The number of carbonyl (C=O) groups excluding carboxylic acids is 2. The van der Waals surface area contributed by atoms with Gasteiger partial charge in [-0.15, -0.1) is 0 Å². The number of amides is 2. The van der Waals surface area contributed by atoms with E-state index in [0.29, 0.717) is 6.54 Å². The predicted octanol–water partition coefficient (Wildman–Crippen LogP) is -0.545. The molecule has 2 aliphatic rings. The number of piperidine rings is 2. The summed E-state index contributed by atoms with van der Waals surface area (Å²) in [6.45, 7) is 3.15. The highest BCUT2D eigenvalue weighted by atomic mass is 16.2. The second-order valence-electron chi connectivity index (χ2n) is 5.73. The molecule has 20 heavy (non-hydrogen) atoms. The Kier molecular flexibility index (Phi) is 5.79. The molecule has 0 bridgehead atoms. The van der Waals surface area contributed by atoms with Crippen LogP contribution >= 0.6 is 0 Å². The molecule has 2 heterocycles. The van der Waals surface area contributed by atoms with Crippen LogP contribution in [-0.4, -0.2) is 62.0 Å². The number of nitrogens with zero attached hydrogens (tertiary/aromatic N) is 1. The Labute approximate surface area is 120 Å². The van der Waals surface area contributed by atoms with Crippen LogP contribution in [0.15, 0.2) is 0 Å². The number of nitrogens with one attached hydrogen (secondary N) is 3. The maximum Gasteiger partial charge on any atom is 0.237 e. The van der Waals surface area contributed by atoms with Crippen LogP contribution in [0.1, 0.15) is 32.1 Å². The van der Waals surface area contributed by atoms with Crippen LogP contribution in [0.4, 0.5) is 0 Å². The van der Waals surface area contributed by atoms with Crippen molar-refractivity contribution >= 4 is 11.8 Å². The Bertz CT molecular complexity index is 334. The highest BCUT2D eigenvalue weighted by Crippen LogP contribution is 2.12. The molecule has 114 valence electrons. The van der Waals surface area contributed by atoms with Gasteiger partial charge in [-0.25, -0.2) is 0 Å². The third-order valence-corrected chi connectivity index (χ3v) is 4.21. The van der Waals surface area contributed by atoms with E-state index in [9.17, 15) is 9.59 Å². The lowest BCUT2D eigenvalue weighted by molar-refractivity contribution is -0.125. The monoisotopic (exact) mass is 282 g/mol. The lowest BCUT2D eigenvalue weighted by atomic mass is 10.0. The van der Waals surface area contributed by atoms with Crippen molar-refractivity contribution in [3.63, 3.8) is 0 Å². The Morgan fingerprint density at radius 1 is 1.20 bits per heavy atom. The zero-order chi connectivity index (χ0) is 14.4. The van der Waals surface area contributed by atoms with Gasteiger partial charge < -0.3 is 16.0 Å². The first-order chi connectivity index (χ1) is 9.69. The highest BCUT2D eigenvalue weighted by molar-refractivity contribution is 5.82. The molecule has 2 rings (SSSR count). The highest BCUT2D eigenvalue weighted by Gasteiger charge is 2.25. The van der Waals surface area contributed by atoms with Crippen molar-refractivity contribution in [2.24, 2.45) is 0 Å². The summed E-state index contributed by atoms with van der Waals surface area (Å²) in [5.74, 6) is 0.202. The number of rotatable bonds is 4. The Morgan fingerprint density at radius 2 is 1.95 bits per heavy atom. The molecule has 2 saturated heterocycles. The SMILES string of the molecule is CNC(=O)CN1CCC(NC(=O)[C@@H]2CCCCN2)CC1. The molecule has 2 fully saturated rings. The molecule has 0 spiro atoms. The van der Waals surface area contributed by atoms with Gasteiger partial charge in [0.1, 0.15) is 0 Å². The summed E-state index contributed by atoms with van der Waals surface area (Å²) in [4.78, 5) is 25.6. The van der Waals surface area contributed by atoms with Gasteiger partial charge in [0.05, 0.1) is 12.6 Å². The van der Waals surface area contributed by atoms with Crippen LogP contribution in [-0.2, 0) is 9.59 Å². The number of hydrogen-bond donors (Lipinski definition) is 3. The van der Waals surface area contributed by atoms with Crippen LogP contribution in [0, 0.1) is 0 Å². The molecule has 6 heteroatoms. The lowest BCUT2D eigenvalue weighted by Crippen LogP contribution is -2.52. The van der Waals surface area contributed by atoms with Gasteiger partial charge in [-0.3, -0.25) is 14.5 Å². The third kappa shape index (κ3) is 4.45. The van der Waals surface area contributed by atoms with E-state index in [-0.39, 0.29) is 23.9 Å². The Balaban J connectivity index is 1.68. The molecule has 0 aromatic rings. The predicted molar refractivity (Wildman–Crippen MR) is 77.3 cm³/mol. The minimum absolute atomic E-state index is 0.00681. The third-order valence-electron chi connectivity index (χ3n) is 4.21. The summed E-state index contributed by atoms with van der Waals surface area (Å²) in [6.07, 6.45) is 5.10. The first kappa shape index (κ1) is 15.3. The van der Waals surface area contributed by atoms with Crippen molar-refractivity contribution in [3.8, 4) is 0 Å². The van der Waals surface area contributed by atoms with Gasteiger partial charge in [-0.1, -0.05) is 6.42 Å². The largest absolute Gasteiger partial charge is 0.358 e. The minimum atomic E-state index is -0.00681. The topological polar surface area (TPSA) is 73.5 Å². The summed E-state index contributed by atoms with van der Waals surface area (Å²) in [6, 6.07) is 0.250. The molecule has 0 aromatic heterocycles. The molecule has 2 amide bonds. The molecule has 0 aliphatic carbocycles. The minimum Gasteiger partial charge on any atom is -0.358 e. The van der Waals surface area contributed by atoms with E-state index in [0.717, 1.165) is 45.3 Å². The van der Waals surface area contributed by atoms with Crippen LogP contribution < -0.4 is 16.0 Å². The van der Waals surface area contributed by atoms with Gasteiger partial charge in [-0.05, 0) is 32.2 Å². The normalized spacial score (nSPS) is 25.1. The van der Waals surface area contributed by atoms with Crippen LogP contribution in [0.3, 0.4) is 0 Å². The average Bonchev–Trinajstić information content (AvgIpc) is 2.50. The standard InChI is InChI=1S/C14H26N4O2/c1-15-13(19)10-18-8-5-11(6-9-18)17-14(20)12-4-2-3-7-16-12/h11-12,16H,2-10H2,1H3,(H,15,19)(H,17,20)/t12-/m0/s1. The van der Waals surface area contributed by atoms with Crippen molar-refractivity contribution in [2.45, 2.75) is 44.2 Å². The van der Waals surface area contributed by atoms with Gasteiger partial charge in [0, 0.05) is 26.2 Å². The number of likely N-dealkylation sites (N-methyl/N-ethyl adjacent to an activating group) is 1. The van der Waals surface area contributed by atoms with Crippen molar-refractivity contribution in [1.82, 2.24) is 20.9 Å². The van der Waals surface area contributed by atoms with E-state index in [1.54, 1.807) is 7.05 Å². The second kappa shape index (κ2) is 7.59. The molecular weight excluding hydrogens is 256 g/mol. The number of likely N-dealkylation sites (tertiary alicyclic amines) is 1. The van der Waals surface area contributed by atoms with Crippen molar-refractivity contribution in [3.05, 3.63) is 0 Å². The lowest BCUT2D eigenvalue weighted by Gasteiger charge is -2.33.